The van der Waals surface area contributed by atoms with Gasteiger partial charge in [0.25, 0.3) is 0 Å². The number of ether oxygens (including phenoxy) is 1. The van der Waals surface area contributed by atoms with Crippen molar-refractivity contribution in [1.82, 2.24) is 15.0 Å². The molecule has 7 nitrogen and oxygen atoms in total. The molecule has 0 spiro atoms. The highest BCUT2D eigenvalue weighted by molar-refractivity contribution is 5.48. The highest BCUT2D eigenvalue weighted by Crippen LogP contribution is 2.20. The van der Waals surface area contributed by atoms with Crippen LogP contribution in [0.5, 0.6) is 0 Å². The summed E-state index contributed by atoms with van der Waals surface area (Å²) in [6.45, 7) is 11.0. The molecule has 0 unspecified atom stereocenters. The lowest BCUT2D eigenvalue weighted by molar-refractivity contribution is 0.0562. The van der Waals surface area contributed by atoms with E-state index in [1.807, 2.05) is 18.2 Å². The minimum absolute atomic E-state index is 0.250. The maximum atomic E-state index is 6.03. The van der Waals surface area contributed by atoms with Crippen molar-refractivity contribution >= 4 is 23.9 Å². The van der Waals surface area contributed by atoms with Gasteiger partial charge in [0.2, 0.25) is 17.8 Å². The number of piperidine rings is 1. The summed E-state index contributed by atoms with van der Waals surface area (Å²) in [6, 6.07) is 10.3. The molecule has 2 aromatic rings. The number of hydrogen-bond donors (Lipinski definition) is 2. The fraction of sp³-hybridized carbons (Fsp3) is 0.348. The summed E-state index contributed by atoms with van der Waals surface area (Å²) in [5.41, 5.74) is 1.19. The van der Waals surface area contributed by atoms with Crippen LogP contribution in [-0.2, 0) is 4.74 Å². The van der Waals surface area contributed by atoms with Crippen LogP contribution in [0.1, 0.15) is 18.4 Å². The first kappa shape index (κ1) is 21.5. The van der Waals surface area contributed by atoms with Crippen LogP contribution in [0.4, 0.5) is 17.8 Å². The summed E-state index contributed by atoms with van der Waals surface area (Å²) < 4.78 is 6.03. The van der Waals surface area contributed by atoms with E-state index in [2.05, 4.69) is 67.9 Å². The minimum Gasteiger partial charge on any atom is -0.374 e. The van der Waals surface area contributed by atoms with Crippen molar-refractivity contribution in [2.45, 2.75) is 18.9 Å². The van der Waals surface area contributed by atoms with Crippen LogP contribution in [0.3, 0.4) is 0 Å². The third-order valence-electron chi connectivity index (χ3n) is 4.70. The zero-order valence-electron chi connectivity index (χ0n) is 17.3. The van der Waals surface area contributed by atoms with E-state index in [0.717, 1.165) is 25.9 Å². The Morgan fingerprint density at radius 2 is 1.60 bits per heavy atom. The summed E-state index contributed by atoms with van der Waals surface area (Å²) in [4.78, 5) is 15.7. The van der Waals surface area contributed by atoms with Crippen LogP contribution >= 0.6 is 0 Å². The number of nitrogens with zero attached hydrogens (tertiary/aromatic N) is 4. The predicted molar refractivity (Wildman–Crippen MR) is 124 cm³/mol. The molecule has 1 aliphatic heterocycles. The van der Waals surface area contributed by atoms with Crippen molar-refractivity contribution in [2.24, 2.45) is 0 Å². The number of anilines is 3. The molecule has 30 heavy (non-hydrogen) atoms. The lowest BCUT2D eigenvalue weighted by atomic mass is 10.1. The molecule has 2 heterocycles. The highest BCUT2D eigenvalue weighted by Gasteiger charge is 2.22. The summed E-state index contributed by atoms with van der Waals surface area (Å²) in [7, 11) is 0. The molecule has 1 aromatic heterocycles. The van der Waals surface area contributed by atoms with Crippen molar-refractivity contribution in [3.05, 3.63) is 67.3 Å². The molecule has 1 saturated heterocycles. The molecular weight excluding hydrogens is 376 g/mol. The van der Waals surface area contributed by atoms with Crippen molar-refractivity contribution in [2.75, 3.05) is 48.3 Å². The van der Waals surface area contributed by atoms with Gasteiger partial charge in [-0.15, -0.1) is 13.2 Å². The van der Waals surface area contributed by atoms with E-state index in [9.17, 15) is 0 Å². The van der Waals surface area contributed by atoms with Crippen molar-refractivity contribution in [3.63, 3.8) is 0 Å². The number of hydrogen-bond acceptors (Lipinski definition) is 7. The Morgan fingerprint density at radius 1 is 0.967 bits per heavy atom. The Bertz CT molecular complexity index is 801. The van der Waals surface area contributed by atoms with E-state index in [-0.39, 0.29) is 6.10 Å². The van der Waals surface area contributed by atoms with Gasteiger partial charge in [0.1, 0.15) is 0 Å². The zero-order valence-corrected chi connectivity index (χ0v) is 17.3. The Balaban J connectivity index is 1.52. The highest BCUT2D eigenvalue weighted by atomic mass is 16.5. The van der Waals surface area contributed by atoms with Crippen LogP contribution in [0.2, 0.25) is 0 Å². The summed E-state index contributed by atoms with van der Waals surface area (Å²) in [5, 5.41) is 6.28. The third-order valence-corrected chi connectivity index (χ3v) is 4.70. The van der Waals surface area contributed by atoms with Crippen molar-refractivity contribution in [1.29, 1.82) is 0 Å². The van der Waals surface area contributed by atoms with Gasteiger partial charge in [0.05, 0.1) is 12.7 Å². The first-order chi connectivity index (χ1) is 14.8. The third kappa shape index (κ3) is 6.70. The van der Waals surface area contributed by atoms with E-state index in [1.54, 1.807) is 12.2 Å². The maximum Gasteiger partial charge on any atom is 0.231 e. The fourth-order valence-electron chi connectivity index (χ4n) is 3.15. The van der Waals surface area contributed by atoms with E-state index >= 15 is 0 Å². The van der Waals surface area contributed by atoms with Crippen LogP contribution < -0.4 is 15.5 Å². The lowest BCUT2D eigenvalue weighted by Gasteiger charge is -2.32. The zero-order chi connectivity index (χ0) is 21.0. The smallest absolute Gasteiger partial charge is 0.231 e. The molecule has 7 heteroatoms. The molecular formula is C23H30N6O. The standard InChI is InChI=1S/C23H30N6O/c1-3-14-24-21-26-22(25-15-4-2)28-23(27-21)29-16-12-20(13-17-29)30-18-8-11-19-9-6-5-7-10-19/h3-11,20H,1-2,12-18H2,(H2,24,25,26,27,28). The monoisotopic (exact) mass is 406 g/mol. The fourth-order valence-corrected chi connectivity index (χ4v) is 3.15. The lowest BCUT2D eigenvalue weighted by Crippen LogP contribution is -2.38. The van der Waals surface area contributed by atoms with Gasteiger partial charge in [-0.05, 0) is 18.4 Å². The molecule has 158 valence electrons. The van der Waals surface area contributed by atoms with Crippen LogP contribution in [0.15, 0.2) is 61.7 Å². The molecule has 0 saturated carbocycles. The number of rotatable bonds is 11. The first-order valence-corrected chi connectivity index (χ1v) is 10.3. The largest absolute Gasteiger partial charge is 0.374 e. The number of aromatic nitrogens is 3. The number of benzene rings is 1. The predicted octanol–water partition coefficient (Wildman–Crippen LogP) is 3.77. The second-order valence-corrected chi connectivity index (χ2v) is 6.95. The topological polar surface area (TPSA) is 75.2 Å². The van der Waals surface area contributed by atoms with Gasteiger partial charge in [-0.1, -0.05) is 54.6 Å². The summed E-state index contributed by atoms with van der Waals surface area (Å²) in [5.74, 6) is 1.75. The first-order valence-electron chi connectivity index (χ1n) is 10.3. The SMILES string of the molecule is C=CCNc1nc(NCC=C)nc(N2CCC(OCC=Cc3ccccc3)CC2)n1. The van der Waals surface area contributed by atoms with Crippen LogP contribution in [0.25, 0.3) is 6.08 Å². The average Bonchev–Trinajstić information content (AvgIpc) is 2.80. The molecule has 0 atom stereocenters. The second kappa shape index (κ2) is 11.7. The Labute approximate surface area is 178 Å². The molecule has 0 amide bonds. The molecule has 1 fully saturated rings. The Morgan fingerprint density at radius 3 is 2.20 bits per heavy atom. The van der Waals surface area contributed by atoms with Gasteiger partial charge >= 0.3 is 0 Å². The Hall–Kier alpha value is -3.19. The molecule has 1 aromatic carbocycles. The van der Waals surface area contributed by atoms with Gasteiger partial charge in [0.15, 0.2) is 0 Å². The van der Waals surface area contributed by atoms with Crippen LogP contribution in [-0.4, -0.2) is 53.8 Å². The summed E-state index contributed by atoms with van der Waals surface area (Å²) in [6.07, 6.45) is 9.84. The van der Waals surface area contributed by atoms with Gasteiger partial charge in [0, 0.05) is 26.2 Å². The average molecular weight is 407 g/mol. The maximum absolute atomic E-state index is 6.03. The van der Waals surface area contributed by atoms with Gasteiger partial charge in [-0.3, -0.25) is 0 Å². The molecule has 2 N–H and O–H groups in total. The molecule has 0 bridgehead atoms. The van der Waals surface area contributed by atoms with E-state index < -0.39 is 0 Å². The quantitative estimate of drug-likeness (QED) is 0.550. The van der Waals surface area contributed by atoms with Gasteiger partial charge in [-0.2, -0.15) is 15.0 Å². The van der Waals surface area contributed by atoms with E-state index in [0.29, 0.717) is 37.5 Å². The Kier molecular flexibility index (Phi) is 8.41. The molecule has 0 aliphatic carbocycles. The van der Waals surface area contributed by atoms with Crippen molar-refractivity contribution < 1.29 is 4.74 Å². The van der Waals surface area contributed by atoms with E-state index in [4.69, 9.17) is 4.74 Å². The number of nitrogens with one attached hydrogen (secondary N) is 2. The normalized spacial score (nSPS) is 14.6. The minimum atomic E-state index is 0.250. The summed E-state index contributed by atoms with van der Waals surface area (Å²) >= 11 is 0. The molecule has 1 aliphatic rings. The van der Waals surface area contributed by atoms with Gasteiger partial charge in [-0.25, -0.2) is 0 Å². The molecule has 0 radical (unpaired) electrons. The van der Waals surface area contributed by atoms with Crippen molar-refractivity contribution in [3.8, 4) is 0 Å². The van der Waals surface area contributed by atoms with E-state index in [1.165, 1.54) is 5.56 Å². The van der Waals surface area contributed by atoms with Crippen LogP contribution in [0, 0.1) is 0 Å². The van der Waals surface area contributed by atoms with Gasteiger partial charge < -0.3 is 20.3 Å². The second-order valence-electron chi connectivity index (χ2n) is 6.95. The molecule has 3 rings (SSSR count).